The minimum Gasteiger partial charge on any atom is -0.352 e. The highest BCUT2D eigenvalue weighted by atomic mass is 32.2. The summed E-state index contributed by atoms with van der Waals surface area (Å²) in [5.41, 5.74) is 1.10. The molecular weight excluding hydrogens is 360 g/mol. The number of piperidine rings is 1. The minimum absolute atomic E-state index is 0.194. The van der Waals surface area contributed by atoms with Gasteiger partial charge in [-0.05, 0) is 49.8 Å². The first kappa shape index (κ1) is 21.9. The molecule has 27 heavy (non-hydrogen) atoms. The summed E-state index contributed by atoms with van der Waals surface area (Å²) in [7, 11) is -3.54. The van der Waals surface area contributed by atoms with E-state index in [2.05, 4.69) is 19.2 Å². The van der Waals surface area contributed by atoms with Crippen molar-refractivity contribution in [3.63, 3.8) is 0 Å². The van der Waals surface area contributed by atoms with Crippen molar-refractivity contribution in [3.05, 3.63) is 29.3 Å². The van der Waals surface area contributed by atoms with E-state index in [1.165, 1.54) is 0 Å². The first-order chi connectivity index (χ1) is 12.9. The maximum atomic E-state index is 13.0. The lowest BCUT2D eigenvalue weighted by Gasteiger charge is -2.26. The van der Waals surface area contributed by atoms with Crippen molar-refractivity contribution in [3.8, 4) is 0 Å². The Morgan fingerprint density at radius 3 is 2.52 bits per heavy atom. The van der Waals surface area contributed by atoms with Crippen LogP contribution in [-0.2, 0) is 10.0 Å². The van der Waals surface area contributed by atoms with Crippen molar-refractivity contribution in [2.24, 2.45) is 5.92 Å². The van der Waals surface area contributed by atoms with E-state index in [1.807, 2.05) is 0 Å². The number of carbonyl (C=O) groups excluding carboxylic acids is 1. The normalized spacial score (nSPS) is 16.9. The maximum Gasteiger partial charge on any atom is 0.251 e. The van der Waals surface area contributed by atoms with Crippen LogP contribution in [0.2, 0.25) is 0 Å². The van der Waals surface area contributed by atoms with Crippen LogP contribution < -0.4 is 5.32 Å². The van der Waals surface area contributed by atoms with Crippen LogP contribution in [0.1, 0.15) is 74.7 Å². The number of rotatable bonds is 9. The van der Waals surface area contributed by atoms with Gasteiger partial charge in [0.2, 0.25) is 10.0 Å². The van der Waals surface area contributed by atoms with E-state index in [0.29, 0.717) is 36.7 Å². The fraction of sp³-hybridized carbons (Fsp3) is 0.667. The maximum absolute atomic E-state index is 13.0. The lowest BCUT2D eigenvalue weighted by atomic mass is 9.99. The Bertz CT molecular complexity index is 725. The highest BCUT2D eigenvalue weighted by Gasteiger charge is 2.28. The highest BCUT2D eigenvalue weighted by Crippen LogP contribution is 2.24. The average molecular weight is 395 g/mol. The third-order valence-corrected chi connectivity index (χ3v) is 7.52. The molecule has 1 aliphatic heterocycles. The predicted octanol–water partition coefficient (Wildman–Crippen LogP) is 4.12. The Morgan fingerprint density at radius 2 is 1.89 bits per heavy atom. The number of nitrogens with one attached hydrogen (secondary N) is 1. The number of sulfonamides is 1. The monoisotopic (exact) mass is 394 g/mol. The zero-order valence-electron chi connectivity index (χ0n) is 17.0. The first-order valence-corrected chi connectivity index (χ1v) is 11.7. The van der Waals surface area contributed by atoms with Crippen LogP contribution >= 0.6 is 0 Å². The van der Waals surface area contributed by atoms with Gasteiger partial charge in [-0.25, -0.2) is 8.42 Å². The molecule has 1 saturated heterocycles. The Hall–Kier alpha value is -1.40. The molecule has 0 radical (unpaired) electrons. The van der Waals surface area contributed by atoms with Crippen LogP contribution in [-0.4, -0.2) is 38.3 Å². The van der Waals surface area contributed by atoms with E-state index in [1.54, 1.807) is 29.4 Å². The van der Waals surface area contributed by atoms with Gasteiger partial charge in [-0.15, -0.1) is 0 Å². The van der Waals surface area contributed by atoms with E-state index in [-0.39, 0.29) is 10.8 Å². The number of aryl methyl sites for hydroxylation is 1. The van der Waals surface area contributed by atoms with E-state index in [9.17, 15) is 13.2 Å². The fourth-order valence-electron chi connectivity index (χ4n) is 3.55. The van der Waals surface area contributed by atoms with E-state index in [0.717, 1.165) is 44.9 Å². The molecule has 0 unspecified atom stereocenters. The van der Waals surface area contributed by atoms with E-state index in [4.69, 9.17) is 0 Å². The molecule has 5 nitrogen and oxygen atoms in total. The molecule has 152 valence electrons. The quantitative estimate of drug-likeness (QED) is 0.685. The number of amides is 1. The Balaban J connectivity index is 2.12. The Labute approximate surface area is 164 Å². The van der Waals surface area contributed by atoms with Gasteiger partial charge >= 0.3 is 0 Å². The molecule has 1 fully saturated rings. The SMILES string of the molecule is CCCC[C@@H](CC)CNC(=O)c1ccc(C)c(S(=O)(=O)N2CCCCC2)c1. The number of hydrogen-bond acceptors (Lipinski definition) is 3. The Kier molecular flexibility index (Phi) is 8.29. The third kappa shape index (κ3) is 5.79. The third-order valence-electron chi connectivity index (χ3n) is 5.48. The number of unbranched alkanes of at least 4 members (excludes halogenated alkanes) is 1. The molecule has 1 aromatic carbocycles. The smallest absolute Gasteiger partial charge is 0.251 e. The van der Waals surface area contributed by atoms with Gasteiger partial charge in [0.15, 0.2) is 0 Å². The second-order valence-electron chi connectivity index (χ2n) is 7.57. The summed E-state index contributed by atoms with van der Waals surface area (Å²) in [4.78, 5) is 12.8. The van der Waals surface area contributed by atoms with E-state index < -0.39 is 10.0 Å². The summed E-state index contributed by atoms with van der Waals surface area (Å²) in [5.74, 6) is 0.274. The topological polar surface area (TPSA) is 66.5 Å². The number of nitrogens with zero attached hydrogens (tertiary/aromatic N) is 1. The summed E-state index contributed by atoms with van der Waals surface area (Å²) in [6, 6.07) is 4.99. The second-order valence-corrected chi connectivity index (χ2v) is 9.48. The first-order valence-electron chi connectivity index (χ1n) is 10.3. The molecular formula is C21H34N2O3S. The zero-order valence-corrected chi connectivity index (χ0v) is 17.8. The van der Waals surface area contributed by atoms with Crippen molar-refractivity contribution >= 4 is 15.9 Å². The lowest BCUT2D eigenvalue weighted by Crippen LogP contribution is -2.36. The van der Waals surface area contributed by atoms with Crippen molar-refractivity contribution < 1.29 is 13.2 Å². The van der Waals surface area contributed by atoms with Crippen molar-refractivity contribution in [1.29, 1.82) is 0 Å². The lowest BCUT2D eigenvalue weighted by molar-refractivity contribution is 0.0945. The van der Waals surface area contributed by atoms with Crippen LogP contribution in [0.15, 0.2) is 23.1 Å². The minimum atomic E-state index is -3.54. The predicted molar refractivity (Wildman–Crippen MR) is 109 cm³/mol. The van der Waals surface area contributed by atoms with Crippen LogP contribution in [0.4, 0.5) is 0 Å². The number of benzene rings is 1. The molecule has 1 heterocycles. The molecule has 1 aromatic rings. The van der Waals surface area contributed by atoms with Crippen molar-refractivity contribution in [1.82, 2.24) is 9.62 Å². The zero-order chi connectivity index (χ0) is 19.9. The summed E-state index contributed by atoms with van der Waals surface area (Å²) < 4.78 is 27.6. The summed E-state index contributed by atoms with van der Waals surface area (Å²) in [5, 5.41) is 2.99. The van der Waals surface area contributed by atoms with Gasteiger partial charge in [0.25, 0.3) is 5.91 Å². The van der Waals surface area contributed by atoms with Crippen LogP contribution in [0.3, 0.4) is 0 Å². The standard InChI is InChI=1S/C21H34N2O3S/c1-4-6-10-18(5-2)16-22-21(24)19-12-11-17(3)20(15-19)27(25,26)23-13-8-7-9-14-23/h11-12,15,18H,4-10,13-14,16H2,1-3H3,(H,22,24)/t18-/m1/s1. The summed E-state index contributed by atoms with van der Waals surface area (Å²) in [6.07, 6.45) is 7.32. The molecule has 0 spiro atoms. The molecule has 0 aromatic heterocycles. The average Bonchev–Trinajstić information content (AvgIpc) is 2.68. The van der Waals surface area contributed by atoms with Crippen molar-refractivity contribution in [2.45, 2.75) is 70.6 Å². The van der Waals surface area contributed by atoms with Gasteiger partial charge in [-0.3, -0.25) is 4.79 Å². The van der Waals surface area contributed by atoms with Gasteiger partial charge in [0.05, 0.1) is 4.90 Å². The van der Waals surface area contributed by atoms with Crippen LogP contribution in [0, 0.1) is 12.8 Å². The molecule has 1 aliphatic rings. The molecule has 0 saturated carbocycles. The fourth-order valence-corrected chi connectivity index (χ4v) is 5.31. The number of hydrogen-bond donors (Lipinski definition) is 1. The van der Waals surface area contributed by atoms with Gasteiger partial charge in [-0.1, -0.05) is 45.6 Å². The molecule has 0 aliphatic carbocycles. The number of carbonyl (C=O) groups is 1. The molecule has 1 atom stereocenters. The molecule has 1 amide bonds. The Morgan fingerprint density at radius 1 is 1.19 bits per heavy atom. The molecule has 0 bridgehead atoms. The second kappa shape index (κ2) is 10.2. The molecule has 2 rings (SSSR count). The van der Waals surface area contributed by atoms with Gasteiger partial charge in [0.1, 0.15) is 0 Å². The largest absolute Gasteiger partial charge is 0.352 e. The highest BCUT2D eigenvalue weighted by molar-refractivity contribution is 7.89. The van der Waals surface area contributed by atoms with Crippen LogP contribution in [0.25, 0.3) is 0 Å². The van der Waals surface area contributed by atoms with Gasteiger partial charge in [0, 0.05) is 25.2 Å². The van der Waals surface area contributed by atoms with Crippen LogP contribution in [0.5, 0.6) is 0 Å². The molecule has 6 heteroatoms. The molecule has 1 N–H and O–H groups in total. The summed E-state index contributed by atoms with van der Waals surface area (Å²) >= 11 is 0. The van der Waals surface area contributed by atoms with E-state index >= 15 is 0 Å². The van der Waals surface area contributed by atoms with Gasteiger partial charge in [-0.2, -0.15) is 4.31 Å². The van der Waals surface area contributed by atoms with Gasteiger partial charge < -0.3 is 5.32 Å². The summed E-state index contributed by atoms with van der Waals surface area (Å²) in [6.45, 7) is 7.86. The van der Waals surface area contributed by atoms with Crippen molar-refractivity contribution in [2.75, 3.05) is 19.6 Å².